The third-order valence-electron chi connectivity index (χ3n) is 7.85. The molecule has 1 aliphatic carbocycles. The van der Waals surface area contributed by atoms with E-state index in [1.807, 2.05) is 4.90 Å². The zero-order valence-electron chi connectivity index (χ0n) is 22.0. The zero-order chi connectivity index (χ0) is 30.0. The van der Waals surface area contributed by atoms with E-state index in [2.05, 4.69) is 10.6 Å². The summed E-state index contributed by atoms with van der Waals surface area (Å²) >= 11 is 0. The number of urea groups is 1. The number of hydrogen-bond acceptors (Lipinski definition) is 4. The highest BCUT2D eigenvalue weighted by Gasteiger charge is 2.71. The number of hydrogen-bond donors (Lipinski definition) is 4. The molecule has 4 rings (SSSR count). The van der Waals surface area contributed by atoms with Crippen LogP contribution in [-0.2, 0) is 18.6 Å². The summed E-state index contributed by atoms with van der Waals surface area (Å²) in [5, 5.41) is 24.3. The van der Waals surface area contributed by atoms with Crippen LogP contribution in [0.25, 0.3) is 0 Å². The molecule has 1 saturated carbocycles. The summed E-state index contributed by atoms with van der Waals surface area (Å²) in [6, 6.07) is 7.55. The highest BCUT2D eigenvalue weighted by Crippen LogP contribution is 2.50. The van der Waals surface area contributed by atoms with Gasteiger partial charge in [-0.2, -0.15) is 26.3 Å². The molecule has 226 valence electrons. The smallest absolute Gasteiger partial charge is 0.393 e. The minimum Gasteiger partial charge on any atom is -0.393 e. The predicted octanol–water partition coefficient (Wildman–Crippen LogP) is 5.63. The van der Waals surface area contributed by atoms with E-state index in [1.54, 1.807) is 6.07 Å². The number of benzene rings is 2. The molecule has 2 fully saturated rings. The molecule has 13 heteroatoms. The Hall–Kier alpha value is -2.90. The average Bonchev–Trinajstić information content (AvgIpc) is 3.29. The molecule has 1 aliphatic heterocycles. The van der Waals surface area contributed by atoms with Crippen molar-refractivity contribution >= 4 is 11.7 Å². The van der Waals surface area contributed by atoms with E-state index in [4.69, 9.17) is 0 Å². The molecule has 2 aromatic carbocycles. The molecule has 2 amide bonds. The van der Waals surface area contributed by atoms with Crippen LogP contribution in [0.5, 0.6) is 0 Å². The second-order valence-electron chi connectivity index (χ2n) is 10.9. The summed E-state index contributed by atoms with van der Waals surface area (Å²) in [5.41, 5.74) is -4.91. The summed E-state index contributed by atoms with van der Waals surface area (Å²) in [5.74, 6) is -0.314. The summed E-state index contributed by atoms with van der Waals surface area (Å²) < 4.78 is 93.2. The number of piperidine rings is 1. The highest BCUT2D eigenvalue weighted by molar-refractivity contribution is 5.89. The first-order chi connectivity index (χ1) is 19.2. The summed E-state index contributed by atoms with van der Waals surface area (Å²) in [7, 11) is 0. The molecule has 6 nitrogen and oxygen atoms in total. The van der Waals surface area contributed by atoms with Crippen molar-refractivity contribution in [3.8, 4) is 0 Å². The monoisotopic (exact) mass is 591 g/mol. The van der Waals surface area contributed by atoms with E-state index in [1.165, 1.54) is 12.1 Å². The largest absolute Gasteiger partial charge is 0.430 e. The number of carbonyl (C=O) groups excluding carboxylic acids is 1. The van der Waals surface area contributed by atoms with Crippen molar-refractivity contribution in [3.63, 3.8) is 0 Å². The Labute approximate surface area is 232 Å². The van der Waals surface area contributed by atoms with Crippen molar-refractivity contribution in [2.24, 2.45) is 5.92 Å². The van der Waals surface area contributed by atoms with E-state index in [0.717, 1.165) is 30.5 Å². The third kappa shape index (κ3) is 7.31. The normalized spacial score (nSPS) is 21.2. The van der Waals surface area contributed by atoms with Crippen molar-refractivity contribution in [2.75, 3.05) is 18.4 Å². The van der Waals surface area contributed by atoms with Crippen molar-refractivity contribution in [1.29, 1.82) is 0 Å². The van der Waals surface area contributed by atoms with Crippen molar-refractivity contribution in [3.05, 3.63) is 65.0 Å². The molecular weight excluding hydrogens is 559 g/mol. The first-order valence-electron chi connectivity index (χ1n) is 13.4. The van der Waals surface area contributed by atoms with Gasteiger partial charge < -0.3 is 20.8 Å². The Bertz CT molecular complexity index is 1180. The Morgan fingerprint density at radius 3 is 2.05 bits per heavy atom. The molecule has 0 aromatic heterocycles. The van der Waals surface area contributed by atoms with E-state index in [-0.39, 0.29) is 17.6 Å². The van der Waals surface area contributed by atoms with Gasteiger partial charge in [-0.1, -0.05) is 30.3 Å². The summed E-state index contributed by atoms with van der Waals surface area (Å²) in [6.45, 7) is 1.60. The number of rotatable bonds is 7. The maximum atomic E-state index is 14.6. The van der Waals surface area contributed by atoms with Gasteiger partial charge in [-0.05, 0) is 80.8 Å². The van der Waals surface area contributed by atoms with Crippen LogP contribution in [0.15, 0.2) is 42.5 Å². The molecule has 2 atom stereocenters. The number of aliphatic hydroxyl groups excluding tert-OH is 1. The van der Waals surface area contributed by atoms with Crippen LogP contribution in [0, 0.1) is 11.7 Å². The Morgan fingerprint density at radius 1 is 0.902 bits per heavy atom. The number of alkyl halides is 6. The molecule has 0 spiro atoms. The number of amides is 2. The number of carbonyl (C=O) groups is 1. The summed E-state index contributed by atoms with van der Waals surface area (Å²) in [6.07, 6.45) is -8.42. The van der Waals surface area contributed by atoms with Crippen LogP contribution in [-0.4, -0.2) is 58.7 Å². The van der Waals surface area contributed by atoms with Crippen molar-refractivity contribution in [1.82, 2.24) is 10.2 Å². The topological polar surface area (TPSA) is 84.8 Å². The first kappa shape index (κ1) is 31.0. The van der Waals surface area contributed by atoms with E-state index < -0.39 is 41.5 Å². The van der Waals surface area contributed by atoms with Gasteiger partial charge in [0.15, 0.2) is 0 Å². The fraction of sp³-hybridized carbons (Fsp3) is 0.536. The molecular formula is C28H32F7N3O3. The second kappa shape index (κ2) is 12.1. The van der Waals surface area contributed by atoms with Crippen LogP contribution >= 0.6 is 0 Å². The van der Waals surface area contributed by atoms with Crippen LogP contribution in [0.2, 0.25) is 0 Å². The molecule has 1 saturated heterocycles. The molecule has 1 heterocycles. The van der Waals surface area contributed by atoms with Gasteiger partial charge in [0.1, 0.15) is 5.82 Å². The Kier molecular flexibility index (Phi) is 9.19. The first-order valence-corrected chi connectivity index (χ1v) is 13.4. The number of aliphatic hydroxyl groups is 2. The number of halogens is 7. The lowest BCUT2D eigenvalue weighted by molar-refractivity contribution is -0.376. The highest BCUT2D eigenvalue weighted by atomic mass is 19.4. The SMILES string of the molecule is O=C(Nc1ccc(CC2CCN(Cc3ccc(C(O)(C(F)(F)F)C(F)(F)F)cc3)CC2)cc1F)N[C@@H]1CC[C@@H](O)C1. The quantitative estimate of drug-likeness (QED) is 0.315. The third-order valence-corrected chi connectivity index (χ3v) is 7.85. The second-order valence-corrected chi connectivity index (χ2v) is 10.9. The van der Waals surface area contributed by atoms with Gasteiger partial charge in [-0.15, -0.1) is 0 Å². The van der Waals surface area contributed by atoms with Crippen LogP contribution in [0.4, 0.5) is 41.2 Å². The fourth-order valence-corrected chi connectivity index (χ4v) is 5.50. The molecule has 0 unspecified atom stereocenters. The molecule has 0 bridgehead atoms. The van der Waals surface area contributed by atoms with Gasteiger partial charge in [0.05, 0.1) is 11.8 Å². The molecule has 4 N–H and O–H groups in total. The molecule has 41 heavy (non-hydrogen) atoms. The zero-order valence-corrected chi connectivity index (χ0v) is 22.0. The van der Waals surface area contributed by atoms with Gasteiger partial charge in [0.25, 0.3) is 5.60 Å². The minimum absolute atomic E-state index is 0.0505. The lowest BCUT2D eigenvalue weighted by Crippen LogP contribution is -2.53. The van der Waals surface area contributed by atoms with Crippen molar-refractivity contribution < 1.29 is 45.7 Å². The van der Waals surface area contributed by atoms with E-state index in [9.17, 15) is 45.7 Å². The lowest BCUT2D eigenvalue weighted by Gasteiger charge is -2.33. The Morgan fingerprint density at radius 2 is 1.51 bits per heavy atom. The van der Waals surface area contributed by atoms with Gasteiger partial charge >= 0.3 is 18.4 Å². The van der Waals surface area contributed by atoms with E-state index >= 15 is 0 Å². The van der Waals surface area contributed by atoms with Crippen LogP contribution in [0.3, 0.4) is 0 Å². The predicted molar refractivity (Wildman–Crippen MR) is 136 cm³/mol. The molecule has 2 aromatic rings. The minimum atomic E-state index is -5.93. The standard InChI is InChI=1S/C28H32F7N3O3/c29-23-14-19(3-8-24(23)37-25(40)36-21-6-7-22(39)15-21)13-17-9-11-38(12-10-17)16-18-1-4-20(5-2-18)26(41,27(30,31)32)28(33,34)35/h1-5,8,14,17,21-22,39,41H,6-7,9-13,15-16H2,(H2,36,37,40)/t21-,22-/m1/s1. The number of nitrogens with one attached hydrogen (secondary N) is 2. The van der Waals surface area contributed by atoms with E-state index in [0.29, 0.717) is 63.0 Å². The maximum Gasteiger partial charge on any atom is 0.430 e. The molecule has 2 aliphatic rings. The van der Waals surface area contributed by atoms with Gasteiger partial charge in [-0.25, -0.2) is 9.18 Å². The number of likely N-dealkylation sites (tertiary alicyclic amines) is 1. The average molecular weight is 592 g/mol. The van der Waals surface area contributed by atoms with Gasteiger partial charge in [0.2, 0.25) is 0 Å². The van der Waals surface area contributed by atoms with Crippen LogP contribution in [0.1, 0.15) is 48.8 Å². The lowest BCUT2D eigenvalue weighted by atomic mass is 9.89. The fourth-order valence-electron chi connectivity index (χ4n) is 5.50. The van der Waals surface area contributed by atoms with Crippen LogP contribution < -0.4 is 10.6 Å². The Balaban J connectivity index is 1.26. The number of anilines is 1. The number of nitrogens with zero attached hydrogens (tertiary/aromatic N) is 1. The summed E-state index contributed by atoms with van der Waals surface area (Å²) in [4.78, 5) is 14.2. The van der Waals surface area contributed by atoms with Crippen molar-refractivity contribution in [2.45, 2.75) is 75.2 Å². The van der Waals surface area contributed by atoms with Gasteiger partial charge in [0, 0.05) is 18.2 Å². The molecule has 0 radical (unpaired) electrons. The van der Waals surface area contributed by atoms with Gasteiger partial charge in [-0.3, -0.25) is 4.90 Å². The maximum absolute atomic E-state index is 14.6.